The number of carboxylic acids is 1. The van der Waals surface area contributed by atoms with Crippen molar-refractivity contribution in [3.8, 4) is 5.69 Å². The van der Waals surface area contributed by atoms with Gasteiger partial charge in [-0.2, -0.15) is 5.10 Å². The maximum absolute atomic E-state index is 12.4. The zero-order valence-electron chi connectivity index (χ0n) is 11.6. The van der Waals surface area contributed by atoms with E-state index in [9.17, 15) is 9.59 Å². The van der Waals surface area contributed by atoms with Crippen LogP contribution in [0.4, 0.5) is 0 Å². The summed E-state index contributed by atoms with van der Waals surface area (Å²) in [6.07, 6.45) is 5.58. The average Bonchev–Trinajstić information content (AvgIpc) is 3.00. The Labute approximate surface area is 121 Å². The highest BCUT2D eigenvalue weighted by Gasteiger charge is 2.19. The van der Waals surface area contributed by atoms with Gasteiger partial charge in [0.25, 0.3) is 5.91 Å². The van der Waals surface area contributed by atoms with Crippen LogP contribution in [-0.4, -0.2) is 49.7 Å². The van der Waals surface area contributed by atoms with Gasteiger partial charge in [0.2, 0.25) is 0 Å². The van der Waals surface area contributed by atoms with E-state index in [4.69, 9.17) is 5.11 Å². The van der Waals surface area contributed by atoms with Gasteiger partial charge < -0.3 is 10.0 Å². The minimum Gasteiger partial charge on any atom is -0.480 e. The Hall–Kier alpha value is -2.70. The van der Waals surface area contributed by atoms with E-state index < -0.39 is 11.9 Å². The molecule has 0 saturated carbocycles. The molecule has 2 heterocycles. The lowest BCUT2D eigenvalue weighted by atomic mass is 10.2. The van der Waals surface area contributed by atoms with Crippen LogP contribution < -0.4 is 0 Å². The van der Waals surface area contributed by atoms with Gasteiger partial charge in [0.05, 0.1) is 5.69 Å². The van der Waals surface area contributed by atoms with Crippen LogP contribution >= 0.6 is 0 Å². The molecular weight excluding hydrogens is 272 g/mol. The topological polar surface area (TPSA) is 88.3 Å². The van der Waals surface area contributed by atoms with Crippen molar-refractivity contribution in [2.75, 3.05) is 13.1 Å². The van der Waals surface area contributed by atoms with Crippen LogP contribution in [0.5, 0.6) is 0 Å². The monoisotopic (exact) mass is 288 g/mol. The Morgan fingerprint density at radius 3 is 2.81 bits per heavy atom. The van der Waals surface area contributed by atoms with Crippen LogP contribution in [0.1, 0.15) is 23.8 Å². The van der Waals surface area contributed by atoms with Gasteiger partial charge in [0, 0.05) is 25.1 Å². The summed E-state index contributed by atoms with van der Waals surface area (Å²) in [5.74, 6) is -1.44. The number of aliphatic carboxylic acids is 1. The lowest BCUT2D eigenvalue weighted by Gasteiger charge is -2.19. The molecule has 0 aliphatic heterocycles. The Kier molecular flexibility index (Phi) is 4.65. The fourth-order valence-corrected chi connectivity index (χ4v) is 1.95. The molecule has 1 N–H and O–H groups in total. The first kappa shape index (κ1) is 14.7. The number of nitrogens with zero attached hydrogens (tertiary/aromatic N) is 4. The summed E-state index contributed by atoms with van der Waals surface area (Å²) in [7, 11) is 0. The molecule has 0 fully saturated rings. The van der Waals surface area contributed by atoms with E-state index in [2.05, 4.69) is 10.1 Å². The van der Waals surface area contributed by atoms with Crippen LogP contribution in [0.3, 0.4) is 0 Å². The van der Waals surface area contributed by atoms with Crippen LogP contribution in [0.25, 0.3) is 5.69 Å². The van der Waals surface area contributed by atoms with Crippen molar-refractivity contribution in [1.82, 2.24) is 19.7 Å². The van der Waals surface area contributed by atoms with Crippen LogP contribution in [0, 0.1) is 0 Å². The Balaban J connectivity index is 2.25. The zero-order valence-corrected chi connectivity index (χ0v) is 11.6. The quantitative estimate of drug-likeness (QED) is 0.863. The highest BCUT2D eigenvalue weighted by molar-refractivity contribution is 5.94. The highest BCUT2D eigenvalue weighted by atomic mass is 16.4. The molecule has 0 aliphatic carbocycles. The molecule has 0 saturated heterocycles. The number of carboxylic acid groups (broad SMARTS) is 1. The summed E-state index contributed by atoms with van der Waals surface area (Å²) in [5.41, 5.74) is 0.905. The molecule has 0 aliphatic rings. The van der Waals surface area contributed by atoms with Gasteiger partial charge in [0.1, 0.15) is 12.2 Å². The van der Waals surface area contributed by atoms with Crippen LogP contribution in [0.2, 0.25) is 0 Å². The molecule has 0 bridgehead atoms. The number of carbonyl (C=O) groups is 2. The van der Waals surface area contributed by atoms with Crippen molar-refractivity contribution in [3.05, 3.63) is 42.5 Å². The Morgan fingerprint density at radius 2 is 2.19 bits per heavy atom. The van der Waals surface area contributed by atoms with E-state index in [1.807, 2.05) is 6.92 Å². The fraction of sp³-hybridized carbons (Fsp3) is 0.286. The third-order valence-corrected chi connectivity index (χ3v) is 2.84. The molecule has 110 valence electrons. The van der Waals surface area contributed by atoms with Gasteiger partial charge >= 0.3 is 5.97 Å². The molecule has 2 aromatic rings. The molecule has 2 rings (SSSR count). The molecule has 0 unspecified atom stereocenters. The van der Waals surface area contributed by atoms with Crippen LogP contribution in [-0.2, 0) is 4.79 Å². The van der Waals surface area contributed by atoms with Crippen molar-refractivity contribution in [2.24, 2.45) is 0 Å². The molecule has 1 amide bonds. The third-order valence-electron chi connectivity index (χ3n) is 2.84. The van der Waals surface area contributed by atoms with Crippen molar-refractivity contribution in [2.45, 2.75) is 13.3 Å². The minimum atomic E-state index is -1.04. The van der Waals surface area contributed by atoms with Crippen molar-refractivity contribution in [3.63, 3.8) is 0 Å². The first-order valence-corrected chi connectivity index (χ1v) is 6.59. The largest absolute Gasteiger partial charge is 0.480 e. The molecule has 2 aromatic heterocycles. The molecule has 0 atom stereocenters. The van der Waals surface area contributed by atoms with Gasteiger partial charge in [0.15, 0.2) is 0 Å². The lowest BCUT2D eigenvalue weighted by molar-refractivity contribution is -0.137. The predicted molar refractivity (Wildman–Crippen MR) is 75.2 cm³/mol. The second kappa shape index (κ2) is 6.65. The number of hydrogen-bond donors (Lipinski definition) is 1. The number of pyridine rings is 1. The van der Waals surface area contributed by atoms with E-state index in [0.717, 1.165) is 0 Å². The number of aromatic nitrogens is 3. The van der Waals surface area contributed by atoms with Crippen molar-refractivity contribution in [1.29, 1.82) is 0 Å². The molecular formula is C14H16N4O3. The van der Waals surface area contributed by atoms with E-state index in [1.165, 1.54) is 11.1 Å². The molecule has 0 spiro atoms. The average molecular weight is 288 g/mol. The molecule has 0 aromatic carbocycles. The summed E-state index contributed by atoms with van der Waals surface area (Å²) in [6.45, 7) is 1.93. The summed E-state index contributed by atoms with van der Waals surface area (Å²) in [6, 6.07) is 5.10. The van der Waals surface area contributed by atoms with Gasteiger partial charge in [-0.25, -0.2) is 4.68 Å². The number of carbonyl (C=O) groups excluding carboxylic acids is 1. The highest BCUT2D eigenvalue weighted by Crippen LogP contribution is 2.09. The molecule has 7 nitrogen and oxygen atoms in total. The van der Waals surface area contributed by atoms with Gasteiger partial charge in [-0.3, -0.25) is 14.6 Å². The Bertz CT molecular complexity index is 625. The summed E-state index contributed by atoms with van der Waals surface area (Å²) < 4.78 is 1.61. The third kappa shape index (κ3) is 3.65. The number of amides is 1. The second-order valence-corrected chi connectivity index (χ2v) is 4.47. The SMILES string of the molecule is CCCN(CC(=O)O)C(=O)c1cc(-n2cccn2)ccn1. The zero-order chi connectivity index (χ0) is 15.2. The smallest absolute Gasteiger partial charge is 0.323 e. The maximum atomic E-state index is 12.4. The summed E-state index contributed by atoms with van der Waals surface area (Å²) in [4.78, 5) is 28.5. The van der Waals surface area contributed by atoms with E-state index >= 15 is 0 Å². The van der Waals surface area contributed by atoms with Crippen molar-refractivity contribution >= 4 is 11.9 Å². The Morgan fingerprint density at radius 1 is 1.38 bits per heavy atom. The number of rotatable bonds is 6. The standard InChI is InChI=1S/C14H16N4O3/c1-2-7-17(10-13(19)20)14(21)12-9-11(4-6-15-12)18-8-3-5-16-18/h3-6,8-9H,2,7,10H2,1H3,(H,19,20). The van der Waals surface area contributed by atoms with E-state index in [1.54, 1.807) is 35.3 Å². The summed E-state index contributed by atoms with van der Waals surface area (Å²) >= 11 is 0. The molecule has 0 radical (unpaired) electrons. The maximum Gasteiger partial charge on any atom is 0.323 e. The first-order chi connectivity index (χ1) is 10.1. The van der Waals surface area contributed by atoms with Crippen molar-refractivity contribution < 1.29 is 14.7 Å². The molecule has 21 heavy (non-hydrogen) atoms. The summed E-state index contributed by atoms with van der Waals surface area (Å²) in [5, 5.41) is 13.0. The molecule has 7 heteroatoms. The minimum absolute atomic E-state index is 0.206. The van der Waals surface area contributed by atoms with Gasteiger partial charge in [-0.05, 0) is 24.6 Å². The van der Waals surface area contributed by atoms with Crippen LogP contribution in [0.15, 0.2) is 36.8 Å². The number of hydrogen-bond acceptors (Lipinski definition) is 4. The lowest BCUT2D eigenvalue weighted by Crippen LogP contribution is -2.36. The van der Waals surface area contributed by atoms with E-state index in [0.29, 0.717) is 18.7 Å². The van der Waals surface area contributed by atoms with E-state index in [-0.39, 0.29) is 12.2 Å². The predicted octanol–water partition coefficient (Wildman–Crippen LogP) is 1.20. The first-order valence-electron chi connectivity index (χ1n) is 6.59. The van der Waals surface area contributed by atoms with Gasteiger partial charge in [-0.15, -0.1) is 0 Å². The normalized spacial score (nSPS) is 10.3. The second-order valence-electron chi connectivity index (χ2n) is 4.47. The van der Waals surface area contributed by atoms with Gasteiger partial charge in [-0.1, -0.05) is 6.92 Å². The fourth-order valence-electron chi connectivity index (χ4n) is 1.95.